The average Bonchev–Trinajstić information content (AvgIpc) is 2.81. The summed E-state index contributed by atoms with van der Waals surface area (Å²) >= 11 is 0. The van der Waals surface area contributed by atoms with Crippen LogP contribution in [-0.2, 0) is 0 Å². The molecule has 2 aromatic carbocycles. The molecule has 0 spiro atoms. The largest absolute Gasteiger partial charge is 0.370 e. The second-order valence-corrected chi connectivity index (χ2v) is 5.78. The van der Waals surface area contributed by atoms with Crippen molar-refractivity contribution >= 4 is 50.3 Å². The van der Waals surface area contributed by atoms with Gasteiger partial charge in [-0.2, -0.15) is 15.8 Å². The predicted molar refractivity (Wildman–Crippen MR) is 103 cm³/mol. The lowest BCUT2D eigenvalue weighted by Crippen LogP contribution is -1.97. The van der Waals surface area contributed by atoms with Gasteiger partial charge >= 0.3 is 5.82 Å². The van der Waals surface area contributed by atoms with Crippen LogP contribution in [0.4, 0.5) is 17.5 Å². The number of nitriles is 3. The van der Waals surface area contributed by atoms with Crippen molar-refractivity contribution in [3.63, 3.8) is 0 Å². The van der Waals surface area contributed by atoms with Crippen molar-refractivity contribution in [2.75, 3.05) is 0 Å². The number of hydrogen-bond acceptors (Lipinski definition) is 7. The van der Waals surface area contributed by atoms with Crippen LogP contribution in [-0.4, -0.2) is 19.9 Å². The van der Waals surface area contributed by atoms with Gasteiger partial charge in [-0.1, -0.05) is 19.7 Å². The molecule has 0 unspecified atom stereocenters. The molecule has 10 nitrogen and oxygen atoms in total. The summed E-state index contributed by atoms with van der Waals surface area (Å²) in [6, 6.07) is 8.53. The molecule has 0 amide bonds. The van der Waals surface area contributed by atoms with E-state index in [2.05, 4.69) is 34.5 Å². The average molecular weight is 382 g/mol. The lowest BCUT2D eigenvalue weighted by atomic mass is 9.99. The highest BCUT2D eigenvalue weighted by atomic mass is 15.0. The van der Waals surface area contributed by atoms with E-state index >= 15 is 0 Å². The highest BCUT2D eigenvalue weighted by Gasteiger charge is 2.26. The van der Waals surface area contributed by atoms with E-state index in [0.29, 0.717) is 10.8 Å². The molecule has 0 aliphatic carbocycles. The zero-order valence-corrected chi connectivity index (χ0v) is 14.6. The molecule has 30 heavy (non-hydrogen) atoms. The van der Waals surface area contributed by atoms with Gasteiger partial charge in [-0.3, -0.25) is 0 Å². The first-order valence-electron chi connectivity index (χ1n) is 7.96. The van der Waals surface area contributed by atoms with E-state index in [-0.39, 0.29) is 56.3 Å². The van der Waals surface area contributed by atoms with Gasteiger partial charge in [0.1, 0.15) is 23.7 Å². The zero-order valence-electron chi connectivity index (χ0n) is 14.6. The Morgan fingerprint density at radius 1 is 0.600 bits per heavy atom. The molecule has 2 heterocycles. The molecule has 2 aromatic heterocycles. The predicted octanol–water partition coefficient (Wildman–Crippen LogP) is 3.99. The maximum absolute atomic E-state index is 9.40. The minimum Gasteiger partial charge on any atom is -0.370 e. The summed E-state index contributed by atoms with van der Waals surface area (Å²) in [5, 5.41) is 28.8. The Kier molecular flexibility index (Phi) is 3.83. The van der Waals surface area contributed by atoms with E-state index in [1.165, 1.54) is 12.1 Å². The summed E-state index contributed by atoms with van der Waals surface area (Å²) in [7, 11) is 0. The van der Waals surface area contributed by atoms with E-state index in [0.717, 1.165) is 0 Å². The van der Waals surface area contributed by atoms with Crippen molar-refractivity contribution in [2.24, 2.45) is 0 Å². The second-order valence-electron chi connectivity index (χ2n) is 5.78. The quantitative estimate of drug-likeness (QED) is 0.331. The fourth-order valence-corrected chi connectivity index (χ4v) is 3.03. The Hall–Kier alpha value is -5.68. The van der Waals surface area contributed by atoms with Crippen LogP contribution < -0.4 is 0 Å². The molecule has 0 saturated heterocycles. The van der Waals surface area contributed by atoms with Crippen molar-refractivity contribution in [1.82, 2.24) is 19.9 Å². The van der Waals surface area contributed by atoms with Crippen molar-refractivity contribution in [3.05, 3.63) is 63.2 Å². The van der Waals surface area contributed by atoms with Crippen LogP contribution >= 0.6 is 0 Å². The summed E-state index contributed by atoms with van der Waals surface area (Å²) in [4.78, 5) is 26.6. The molecule has 0 radical (unpaired) electrons. The van der Waals surface area contributed by atoms with Gasteiger partial charge in [-0.05, 0) is 12.1 Å². The number of benzene rings is 2. The summed E-state index contributed by atoms with van der Waals surface area (Å²) in [5.41, 5.74) is 0.497. The minimum atomic E-state index is -0.250. The second kappa shape index (κ2) is 6.49. The Morgan fingerprint density at radius 3 is 1.47 bits per heavy atom. The van der Waals surface area contributed by atoms with Gasteiger partial charge in [0.25, 0.3) is 17.2 Å². The number of fused-ring (bicyclic) bond motifs is 6. The molecule has 4 aromatic rings. The van der Waals surface area contributed by atoms with Gasteiger partial charge < -0.3 is 14.5 Å². The Morgan fingerprint density at radius 2 is 1.03 bits per heavy atom. The smallest absolute Gasteiger partial charge is 0.307 e. The molecule has 0 aliphatic rings. The Balaban J connectivity index is 2.42. The third-order valence-electron chi connectivity index (χ3n) is 4.29. The maximum Gasteiger partial charge on any atom is 0.307 e. The Bertz CT molecular complexity index is 1350. The maximum atomic E-state index is 9.40. The number of hydrogen-bond donors (Lipinski definition) is 0. The molecular weight excluding hydrogens is 380 g/mol. The number of nitrogens with zero attached hydrogens (tertiary/aromatic N) is 10. The van der Waals surface area contributed by atoms with Gasteiger partial charge in [0.15, 0.2) is 5.69 Å². The first kappa shape index (κ1) is 17.7. The first-order valence-corrected chi connectivity index (χ1v) is 7.96. The molecule has 0 aliphatic heterocycles. The molecule has 0 bridgehead atoms. The molecular formula is C20H2N10. The normalized spacial score (nSPS) is 9.80. The van der Waals surface area contributed by atoms with E-state index in [4.69, 9.17) is 19.7 Å². The van der Waals surface area contributed by atoms with Crippen LogP contribution in [0.15, 0.2) is 12.1 Å². The summed E-state index contributed by atoms with van der Waals surface area (Å²) in [6.45, 7) is 21.8. The lowest BCUT2D eigenvalue weighted by Gasteiger charge is -2.06. The molecule has 0 saturated carbocycles. The topological polar surface area (TPSA) is 136 Å². The van der Waals surface area contributed by atoms with Gasteiger partial charge in [-0.15, -0.1) is 15.0 Å². The van der Waals surface area contributed by atoms with E-state index in [1.807, 2.05) is 18.2 Å². The van der Waals surface area contributed by atoms with Crippen molar-refractivity contribution < 1.29 is 0 Å². The molecule has 0 fully saturated rings. The minimum absolute atomic E-state index is 0.0800. The third kappa shape index (κ3) is 2.31. The standard InChI is InChI=1S/C20H2N10/c1-24-18-13(8-23)27-14-11-4-9(6-21)10(7-22)5-12(11)15-17(16(14)29-18)30-20(26-3)19(25-2)28-15/h4-5H. The van der Waals surface area contributed by atoms with Crippen LogP contribution in [0.25, 0.3) is 47.4 Å². The van der Waals surface area contributed by atoms with Gasteiger partial charge in [0.2, 0.25) is 11.0 Å². The van der Waals surface area contributed by atoms with Crippen LogP contribution in [0, 0.1) is 53.7 Å². The lowest BCUT2D eigenvalue weighted by molar-refractivity contribution is 1.26. The van der Waals surface area contributed by atoms with Crippen LogP contribution in [0.2, 0.25) is 0 Å². The van der Waals surface area contributed by atoms with E-state index < -0.39 is 0 Å². The van der Waals surface area contributed by atoms with E-state index in [1.54, 1.807) is 0 Å². The van der Waals surface area contributed by atoms with E-state index in [9.17, 15) is 15.8 Å². The van der Waals surface area contributed by atoms with Crippen molar-refractivity contribution in [3.8, 4) is 18.2 Å². The highest BCUT2D eigenvalue weighted by molar-refractivity contribution is 6.22. The Labute approximate surface area is 168 Å². The van der Waals surface area contributed by atoms with Crippen LogP contribution in [0.1, 0.15) is 16.8 Å². The highest BCUT2D eigenvalue weighted by Crippen LogP contribution is 2.37. The summed E-state index contributed by atoms with van der Waals surface area (Å²) < 4.78 is 0. The molecule has 4 rings (SSSR count). The fraction of sp³-hybridized carbons (Fsp3) is 0. The number of rotatable bonds is 0. The molecule has 0 N–H and O–H groups in total. The number of aromatic nitrogens is 4. The van der Waals surface area contributed by atoms with Gasteiger partial charge in [0.05, 0.1) is 11.1 Å². The molecule has 0 atom stereocenters. The van der Waals surface area contributed by atoms with Crippen LogP contribution in [0.3, 0.4) is 0 Å². The molecule has 10 heteroatoms. The van der Waals surface area contributed by atoms with Crippen LogP contribution in [0.5, 0.6) is 0 Å². The van der Waals surface area contributed by atoms with Gasteiger partial charge in [0, 0.05) is 10.8 Å². The third-order valence-corrected chi connectivity index (χ3v) is 4.29. The fourth-order valence-electron chi connectivity index (χ4n) is 3.03. The summed E-state index contributed by atoms with van der Waals surface area (Å²) in [5.74, 6) is -0.726. The van der Waals surface area contributed by atoms with Crippen molar-refractivity contribution in [2.45, 2.75) is 0 Å². The van der Waals surface area contributed by atoms with Gasteiger partial charge in [-0.25, -0.2) is 4.98 Å². The zero-order chi connectivity index (χ0) is 21.4. The summed E-state index contributed by atoms with van der Waals surface area (Å²) in [6.07, 6.45) is 0. The monoisotopic (exact) mass is 382 g/mol. The first-order chi connectivity index (χ1) is 14.6. The molecule has 132 valence electrons. The SMILES string of the molecule is [C-]#[N+]c1nc2c(nc1C#N)c1cc(C#N)c(C#N)cc1c1nc([N+]#[C-])c([N+]#[C-])nc12. The van der Waals surface area contributed by atoms with Crippen molar-refractivity contribution in [1.29, 1.82) is 15.8 Å².